The third kappa shape index (κ3) is 2.75. The molecule has 0 saturated carbocycles. The number of carbonyl (C=O) groups is 1. The Hall–Kier alpha value is -1.69. The third-order valence-electron chi connectivity index (χ3n) is 3.69. The number of methoxy groups -OCH3 is 1. The Balaban J connectivity index is 2.21. The number of ether oxygens (including phenoxy) is 1. The van der Waals surface area contributed by atoms with Crippen LogP contribution in [0.4, 0.5) is 10.1 Å². The van der Waals surface area contributed by atoms with Crippen LogP contribution in [0, 0.1) is 17.7 Å². The number of anilines is 1. The summed E-state index contributed by atoms with van der Waals surface area (Å²) in [5.41, 5.74) is 6.44. The van der Waals surface area contributed by atoms with Gasteiger partial charge in [0.2, 0.25) is 0 Å². The van der Waals surface area contributed by atoms with E-state index in [2.05, 4.69) is 0 Å². The molecule has 0 radical (unpaired) electrons. The normalized spacial score (nSPS) is 21.9. The molecule has 0 aliphatic carbocycles. The van der Waals surface area contributed by atoms with Gasteiger partial charge in [-0.2, -0.15) is 0 Å². The van der Waals surface area contributed by atoms with Crippen LogP contribution in [-0.2, 0) is 9.53 Å². The van der Waals surface area contributed by atoms with E-state index in [4.69, 9.17) is 22.7 Å². The lowest BCUT2D eigenvalue weighted by molar-refractivity contribution is -0.145. The van der Waals surface area contributed by atoms with Gasteiger partial charge in [0.15, 0.2) is 0 Å². The van der Waals surface area contributed by atoms with E-state index in [1.54, 1.807) is 12.1 Å². The Labute approximate surface area is 122 Å². The van der Waals surface area contributed by atoms with Crippen LogP contribution in [0.1, 0.15) is 12.5 Å². The second kappa shape index (κ2) is 5.75. The molecule has 2 atom stereocenters. The highest BCUT2D eigenvalue weighted by atomic mass is 32.1. The van der Waals surface area contributed by atoms with Crippen LogP contribution in [0.2, 0.25) is 0 Å². The summed E-state index contributed by atoms with van der Waals surface area (Å²) in [6.07, 6.45) is 0. The molecule has 20 heavy (non-hydrogen) atoms. The molecule has 108 valence electrons. The summed E-state index contributed by atoms with van der Waals surface area (Å²) in [4.78, 5) is 13.7. The largest absolute Gasteiger partial charge is 0.469 e. The summed E-state index contributed by atoms with van der Waals surface area (Å²) >= 11 is 4.82. The Kier molecular flexibility index (Phi) is 4.23. The van der Waals surface area contributed by atoms with Crippen molar-refractivity contribution in [3.05, 3.63) is 29.6 Å². The highest BCUT2D eigenvalue weighted by Crippen LogP contribution is 2.30. The minimum atomic E-state index is -0.381. The smallest absolute Gasteiger partial charge is 0.310 e. The summed E-state index contributed by atoms with van der Waals surface area (Å²) in [5, 5.41) is 0. The maximum atomic E-state index is 14.1. The number of hydrogen-bond donors (Lipinski definition) is 1. The molecule has 6 heteroatoms. The standard InChI is InChI=1S/C14H17FN2O2S/c1-8-6-17(7-10(8)14(18)19-2)12-4-3-9(13(16)20)5-11(12)15/h3-5,8,10H,6-7H2,1-2H3,(H2,16,20). The Morgan fingerprint density at radius 1 is 1.50 bits per heavy atom. The molecule has 0 spiro atoms. The maximum Gasteiger partial charge on any atom is 0.310 e. The molecular weight excluding hydrogens is 279 g/mol. The molecule has 2 unspecified atom stereocenters. The zero-order valence-electron chi connectivity index (χ0n) is 11.4. The van der Waals surface area contributed by atoms with Gasteiger partial charge in [-0.3, -0.25) is 4.79 Å². The molecule has 1 aliphatic heterocycles. The summed E-state index contributed by atoms with van der Waals surface area (Å²) in [5.74, 6) is -0.736. The van der Waals surface area contributed by atoms with Crippen LogP contribution in [-0.4, -0.2) is 31.2 Å². The van der Waals surface area contributed by atoms with Crippen molar-refractivity contribution in [1.82, 2.24) is 0 Å². The van der Waals surface area contributed by atoms with Crippen LogP contribution in [0.15, 0.2) is 18.2 Å². The number of carbonyl (C=O) groups excluding carboxylic acids is 1. The van der Waals surface area contributed by atoms with Crippen LogP contribution >= 0.6 is 12.2 Å². The number of esters is 1. The fourth-order valence-electron chi connectivity index (χ4n) is 2.54. The Bertz CT molecular complexity index is 550. The minimum Gasteiger partial charge on any atom is -0.469 e. The Morgan fingerprint density at radius 3 is 2.75 bits per heavy atom. The lowest BCUT2D eigenvalue weighted by atomic mass is 9.99. The van der Waals surface area contributed by atoms with Crippen molar-refractivity contribution in [1.29, 1.82) is 0 Å². The van der Waals surface area contributed by atoms with E-state index >= 15 is 0 Å². The molecule has 1 aliphatic rings. The van der Waals surface area contributed by atoms with E-state index in [1.807, 2.05) is 11.8 Å². The number of hydrogen-bond acceptors (Lipinski definition) is 4. The van der Waals surface area contributed by atoms with E-state index in [9.17, 15) is 9.18 Å². The van der Waals surface area contributed by atoms with Crippen molar-refractivity contribution in [3.8, 4) is 0 Å². The molecule has 2 rings (SSSR count). The molecule has 1 heterocycles. The average molecular weight is 296 g/mol. The third-order valence-corrected chi connectivity index (χ3v) is 3.92. The van der Waals surface area contributed by atoms with Gasteiger partial charge < -0.3 is 15.4 Å². The summed E-state index contributed by atoms with van der Waals surface area (Å²) in [6, 6.07) is 4.67. The van der Waals surface area contributed by atoms with Crippen LogP contribution in [0.3, 0.4) is 0 Å². The molecule has 0 bridgehead atoms. The number of nitrogens with two attached hydrogens (primary N) is 1. The first-order valence-corrected chi connectivity index (χ1v) is 6.77. The van der Waals surface area contributed by atoms with Crippen LogP contribution in [0.5, 0.6) is 0 Å². The van der Waals surface area contributed by atoms with E-state index in [0.717, 1.165) is 0 Å². The SMILES string of the molecule is COC(=O)C1CN(c2ccc(C(N)=S)cc2F)CC1C. The first-order chi connectivity index (χ1) is 9.43. The molecular formula is C14H17FN2O2S. The summed E-state index contributed by atoms with van der Waals surface area (Å²) in [6.45, 7) is 3.03. The highest BCUT2D eigenvalue weighted by molar-refractivity contribution is 7.80. The first kappa shape index (κ1) is 14.7. The van der Waals surface area contributed by atoms with Gasteiger partial charge in [-0.1, -0.05) is 19.1 Å². The lowest BCUT2D eigenvalue weighted by Gasteiger charge is -2.19. The molecule has 4 nitrogen and oxygen atoms in total. The first-order valence-electron chi connectivity index (χ1n) is 6.36. The highest BCUT2D eigenvalue weighted by Gasteiger charge is 2.36. The van der Waals surface area contributed by atoms with Gasteiger partial charge in [-0.25, -0.2) is 4.39 Å². The zero-order valence-corrected chi connectivity index (χ0v) is 12.2. The molecule has 0 amide bonds. The van der Waals surface area contributed by atoms with Gasteiger partial charge in [-0.15, -0.1) is 0 Å². The fourth-order valence-corrected chi connectivity index (χ4v) is 2.67. The number of halogens is 1. The number of nitrogens with zero attached hydrogens (tertiary/aromatic N) is 1. The van der Waals surface area contributed by atoms with Gasteiger partial charge in [0, 0.05) is 18.7 Å². The summed E-state index contributed by atoms with van der Waals surface area (Å²) in [7, 11) is 1.37. The monoisotopic (exact) mass is 296 g/mol. The van der Waals surface area contributed by atoms with Crippen molar-refractivity contribution in [2.45, 2.75) is 6.92 Å². The molecule has 1 aromatic rings. The predicted octanol–water partition coefficient (Wildman–Crippen LogP) is 1.71. The second-order valence-corrected chi connectivity index (χ2v) is 5.48. The molecule has 1 saturated heterocycles. The van der Waals surface area contributed by atoms with Crippen molar-refractivity contribution < 1.29 is 13.9 Å². The van der Waals surface area contributed by atoms with Gasteiger partial charge >= 0.3 is 5.97 Å². The van der Waals surface area contributed by atoms with Gasteiger partial charge in [0.05, 0.1) is 18.7 Å². The van der Waals surface area contributed by atoms with Gasteiger partial charge in [0.25, 0.3) is 0 Å². The van der Waals surface area contributed by atoms with E-state index in [1.165, 1.54) is 13.2 Å². The Morgan fingerprint density at radius 2 is 2.20 bits per heavy atom. The second-order valence-electron chi connectivity index (χ2n) is 5.04. The molecule has 1 aromatic carbocycles. The van der Waals surface area contributed by atoms with Gasteiger partial charge in [0.1, 0.15) is 10.8 Å². The van der Waals surface area contributed by atoms with Crippen LogP contribution in [0.25, 0.3) is 0 Å². The minimum absolute atomic E-state index is 0.122. The number of rotatable bonds is 3. The quantitative estimate of drug-likeness (QED) is 0.680. The number of benzene rings is 1. The lowest BCUT2D eigenvalue weighted by Crippen LogP contribution is -2.25. The molecule has 2 N–H and O–H groups in total. The van der Waals surface area contributed by atoms with Crippen molar-refractivity contribution in [3.63, 3.8) is 0 Å². The zero-order chi connectivity index (χ0) is 14.9. The maximum absolute atomic E-state index is 14.1. The van der Waals surface area contributed by atoms with Gasteiger partial charge in [-0.05, 0) is 24.1 Å². The van der Waals surface area contributed by atoms with E-state index in [0.29, 0.717) is 24.3 Å². The van der Waals surface area contributed by atoms with E-state index in [-0.39, 0.29) is 28.6 Å². The molecule has 1 fully saturated rings. The summed E-state index contributed by atoms with van der Waals surface area (Å²) < 4.78 is 18.9. The fraction of sp³-hybridized carbons (Fsp3) is 0.429. The predicted molar refractivity (Wildman–Crippen MR) is 79.2 cm³/mol. The number of thiocarbonyl (C=S) groups is 1. The van der Waals surface area contributed by atoms with Crippen molar-refractivity contribution >= 4 is 28.9 Å². The topological polar surface area (TPSA) is 55.6 Å². The van der Waals surface area contributed by atoms with Crippen LogP contribution < -0.4 is 10.6 Å². The van der Waals surface area contributed by atoms with Crippen molar-refractivity contribution in [2.24, 2.45) is 17.6 Å². The molecule has 0 aromatic heterocycles. The average Bonchev–Trinajstić information content (AvgIpc) is 2.79. The van der Waals surface area contributed by atoms with Crippen molar-refractivity contribution in [2.75, 3.05) is 25.1 Å². The van der Waals surface area contributed by atoms with E-state index < -0.39 is 0 Å².